The standard InChI is InChI=1S/C18H16ClN3O/c19-17-9-8-15(13-20-17)21-18(23)16(22-10-4-5-11-22)12-14-6-2-1-3-7-14/h1-11,13,16H,12H2,(H,21,23). The molecule has 0 bridgehead atoms. The molecule has 0 saturated heterocycles. The maximum Gasteiger partial charge on any atom is 0.247 e. The SMILES string of the molecule is O=C(Nc1ccc(Cl)nc1)C(Cc1ccccc1)n1cccc1. The minimum atomic E-state index is -0.330. The summed E-state index contributed by atoms with van der Waals surface area (Å²) in [5.74, 6) is -0.0887. The van der Waals surface area contributed by atoms with Gasteiger partial charge in [-0.2, -0.15) is 0 Å². The van der Waals surface area contributed by atoms with Gasteiger partial charge in [-0.15, -0.1) is 0 Å². The molecule has 3 rings (SSSR count). The second kappa shape index (κ2) is 7.11. The first-order chi connectivity index (χ1) is 11.2. The first kappa shape index (κ1) is 15.3. The molecular formula is C18H16ClN3O. The van der Waals surface area contributed by atoms with Crippen molar-refractivity contribution in [3.8, 4) is 0 Å². The van der Waals surface area contributed by atoms with Gasteiger partial charge in [-0.1, -0.05) is 41.9 Å². The molecule has 116 valence electrons. The fraction of sp³-hybridized carbons (Fsp3) is 0.111. The highest BCUT2D eigenvalue weighted by molar-refractivity contribution is 6.29. The molecule has 1 amide bonds. The van der Waals surface area contributed by atoms with Crippen LogP contribution in [-0.2, 0) is 11.2 Å². The Hall–Kier alpha value is -2.59. The van der Waals surface area contributed by atoms with E-state index in [9.17, 15) is 4.79 Å². The second-order valence-electron chi connectivity index (χ2n) is 5.19. The summed E-state index contributed by atoms with van der Waals surface area (Å²) in [5, 5.41) is 3.29. The smallest absolute Gasteiger partial charge is 0.247 e. The summed E-state index contributed by atoms with van der Waals surface area (Å²) in [6.07, 6.45) is 5.96. The van der Waals surface area contributed by atoms with Gasteiger partial charge < -0.3 is 9.88 Å². The predicted octanol–water partition coefficient (Wildman–Crippen LogP) is 3.96. The number of nitrogens with zero attached hydrogens (tertiary/aromatic N) is 2. The van der Waals surface area contributed by atoms with Gasteiger partial charge in [0.25, 0.3) is 0 Å². The van der Waals surface area contributed by atoms with Crippen LogP contribution in [0.4, 0.5) is 5.69 Å². The van der Waals surface area contributed by atoms with Crippen LogP contribution in [0.25, 0.3) is 0 Å². The van der Waals surface area contributed by atoms with Gasteiger partial charge in [0.05, 0.1) is 11.9 Å². The number of amides is 1. The maximum atomic E-state index is 12.7. The molecule has 0 aliphatic rings. The lowest BCUT2D eigenvalue weighted by Gasteiger charge is -2.19. The molecule has 4 nitrogen and oxygen atoms in total. The third-order valence-corrected chi connectivity index (χ3v) is 3.78. The van der Waals surface area contributed by atoms with Gasteiger partial charge in [-0.3, -0.25) is 4.79 Å². The molecule has 0 aliphatic carbocycles. The minimum absolute atomic E-state index is 0.0887. The number of halogens is 1. The van der Waals surface area contributed by atoms with Crippen molar-refractivity contribution in [1.29, 1.82) is 0 Å². The number of anilines is 1. The van der Waals surface area contributed by atoms with Crippen LogP contribution < -0.4 is 5.32 Å². The van der Waals surface area contributed by atoms with Crippen molar-refractivity contribution in [3.63, 3.8) is 0 Å². The van der Waals surface area contributed by atoms with Crippen molar-refractivity contribution in [1.82, 2.24) is 9.55 Å². The molecule has 0 fully saturated rings. The molecule has 1 atom stereocenters. The van der Waals surface area contributed by atoms with E-state index in [1.165, 1.54) is 0 Å². The third-order valence-electron chi connectivity index (χ3n) is 3.56. The van der Waals surface area contributed by atoms with E-state index in [1.54, 1.807) is 18.3 Å². The van der Waals surface area contributed by atoms with E-state index in [0.29, 0.717) is 17.3 Å². The van der Waals surface area contributed by atoms with E-state index in [2.05, 4.69) is 10.3 Å². The summed E-state index contributed by atoms with van der Waals surface area (Å²) >= 11 is 5.77. The van der Waals surface area contributed by atoms with Crippen molar-refractivity contribution >= 4 is 23.2 Å². The first-order valence-corrected chi connectivity index (χ1v) is 7.69. The largest absolute Gasteiger partial charge is 0.342 e. The molecule has 23 heavy (non-hydrogen) atoms. The Morgan fingerprint density at radius 2 is 1.83 bits per heavy atom. The van der Waals surface area contributed by atoms with Crippen molar-refractivity contribution in [2.24, 2.45) is 0 Å². The van der Waals surface area contributed by atoms with Gasteiger partial charge in [-0.25, -0.2) is 4.98 Å². The summed E-state index contributed by atoms with van der Waals surface area (Å²) in [5.41, 5.74) is 1.74. The molecule has 1 N–H and O–H groups in total. The molecule has 5 heteroatoms. The number of aromatic nitrogens is 2. The fourth-order valence-electron chi connectivity index (χ4n) is 2.40. The Morgan fingerprint density at radius 3 is 2.48 bits per heavy atom. The van der Waals surface area contributed by atoms with Crippen LogP contribution in [0.3, 0.4) is 0 Å². The Kier molecular flexibility index (Phi) is 4.74. The Morgan fingerprint density at radius 1 is 1.09 bits per heavy atom. The van der Waals surface area contributed by atoms with E-state index >= 15 is 0 Å². The molecule has 0 aliphatic heterocycles. The second-order valence-corrected chi connectivity index (χ2v) is 5.58. The normalized spacial score (nSPS) is 11.9. The number of pyridine rings is 1. The summed E-state index contributed by atoms with van der Waals surface area (Å²) in [6, 6.07) is 16.8. The maximum absolute atomic E-state index is 12.7. The number of carbonyl (C=O) groups excluding carboxylic acids is 1. The quantitative estimate of drug-likeness (QED) is 0.722. The predicted molar refractivity (Wildman–Crippen MR) is 91.5 cm³/mol. The average Bonchev–Trinajstić information content (AvgIpc) is 3.10. The van der Waals surface area contributed by atoms with E-state index in [4.69, 9.17) is 11.6 Å². The number of nitrogens with one attached hydrogen (secondary N) is 1. The zero-order valence-electron chi connectivity index (χ0n) is 12.4. The van der Waals surface area contributed by atoms with Crippen molar-refractivity contribution in [2.45, 2.75) is 12.5 Å². The van der Waals surface area contributed by atoms with Crippen molar-refractivity contribution in [2.75, 3.05) is 5.32 Å². The molecule has 3 aromatic rings. The zero-order valence-corrected chi connectivity index (χ0v) is 13.1. The lowest BCUT2D eigenvalue weighted by molar-refractivity contribution is -0.119. The van der Waals surface area contributed by atoms with E-state index in [-0.39, 0.29) is 11.9 Å². The van der Waals surface area contributed by atoms with Crippen LogP contribution in [0.15, 0.2) is 73.2 Å². The van der Waals surface area contributed by atoms with Gasteiger partial charge >= 0.3 is 0 Å². The molecule has 1 aromatic carbocycles. The highest BCUT2D eigenvalue weighted by Crippen LogP contribution is 2.18. The summed E-state index contributed by atoms with van der Waals surface area (Å²) in [7, 11) is 0. The monoisotopic (exact) mass is 325 g/mol. The number of rotatable bonds is 5. The molecular weight excluding hydrogens is 310 g/mol. The van der Waals surface area contributed by atoms with Crippen LogP contribution in [0.5, 0.6) is 0 Å². The average molecular weight is 326 g/mol. The Labute approximate surface area is 139 Å². The molecule has 0 spiro atoms. The Balaban J connectivity index is 1.80. The number of hydrogen-bond acceptors (Lipinski definition) is 2. The lowest BCUT2D eigenvalue weighted by atomic mass is 10.1. The highest BCUT2D eigenvalue weighted by atomic mass is 35.5. The third kappa shape index (κ3) is 3.99. The van der Waals surface area contributed by atoms with Gasteiger partial charge in [0, 0.05) is 18.8 Å². The number of carbonyl (C=O) groups is 1. The highest BCUT2D eigenvalue weighted by Gasteiger charge is 2.20. The first-order valence-electron chi connectivity index (χ1n) is 7.31. The topological polar surface area (TPSA) is 46.9 Å². The van der Waals surface area contributed by atoms with Crippen LogP contribution in [0.1, 0.15) is 11.6 Å². The van der Waals surface area contributed by atoms with E-state index < -0.39 is 0 Å². The van der Waals surface area contributed by atoms with Crippen molar-refractivity contribution in [3.05, 3.63) is 83.9 Å². The Bertz CT molecular complexity index is 755. The molecule has 1 unspecified atom stereocenters. The van der Waals surface area contributed by atoms with Gasteiger partial charge in [0.15, 0.2) is 0 Å². The minimum Gasteiger partial charge on any atom is -0.342 e. The van der Waals surface area contributed by atoms with Crippen molar-refractivity contribution < 1.29 is 4.79 Å². The molecule has 2 heterocycles. The molecule has 2 aromatic heterocycles. The van der Waals surface area contributed by atoms with E-state index in [1.807, 2.05) is 59.4 Å². The van der Waals surface area contributed by atoms with E-state index in [0.717, 1.165) is 5.56 Å². The summed E-state index contributed by atoms with van der Waals surface area (Å²) in [6.45, 7) is 0. The zero-order chi connectivity index (χ0) is 16.1. The number of benzene rings is 1. The lowest BCUT2D eigenvalue weighted by Crippen LogP contribution is -2.27. The van der Waals surface area contributed by atoms with Gasteiger partial charge in [-0.05, 0) is 29.8 Å². The molecule has 0 radical (unpaired) electrons. The van der Waals surface area contributed by atoms with Crippen LogP contribution in [0, 0.1) is 0 Å². The number of hydrogen-bond donors (Lipinski definition) is 1. The van der Waals surface area contributed by atoms with Crippen LogP contribution in [-0.4, -0.2) is 15.5 Å². The summed E-state index contributed by atoms with van der Waals surface area (Å²) in [4.78, 5) is 16.7. The van der Waals surface area contributed by atoms with Crippen LogP contribution >= 0.6 is 11.6 Å². The summed E-state index contributed by atoms with van der Waals surface area (Å²) < 4.78 is 1.91. The molecule has 0 saturated carbocycles. The van der Waals surface area contributed by atoms with Gasteiger partial charge in [0.2, 0.25) is 5.91 Å². The van der Waals surface area contributed by atoms with Crippen LogP contribution in [0.2, 0.25) is 5.15 Å². The van der Waals surface area contributed by atoms with Gasteiger partial charge in [0.1, 0.15) is 11.2 Å². The fourth-order valence-corrected chi connectivity index (χ4v) is 2.51.